The van der Waals surface area contributed by atoms with E-state index in [1.807, 2.05) is 32.9 Å². The van der Waals surface area contributed by atoms with Gasteiger partial charge in [-0.05, 0) is 44.9 Å². The zero-order valence-corrected chi connectivity index (χ0v) is 14.1. The van der Waals surface area contributed by atoms with Crippen LogP contribution in [0.25, 0.3) is 0 Å². The van der Waals surface area contributed by atoms with Crippen molar-refractivity contribution in [3.05, 3.63) is 48.2 Å². The van der Waals surface area contributed by atoms with Crippen molar-refractivity contribution in [1.29, 1.82) is 0 Å². The molecule has 2 aromatic heterocycles. The molecule has 0 radical (unpaired) electrons. The summed E-state index contributed by atoms with van der Waals surface area (Å²) in [6.45, 7) is 6.74. The van der Waals surface area contributed by atoms with Crippen LogP contribution >= 0.6 is 0 Å². The van der Waals surface area contributed by atoms with Crippen molar-refractivity contribution in [3.63, 3.8) is 0 Å². The van der Waals surface area contributed by atoms with Crippen LogP contribution in [0, 0.1) is 0 Å². The van der Waals surface area contributed by atoms with E-state index in [-0.39, 0.29) is 11.4 Å². The van der Waals surface area contributed by atoms with Crippen LogP contribution < -0.4 is 5.32 Å². The Hall–Kier alpha value is -2.50. The van der Waals surface area contributed by atoms with Crippen LogP contribution in [-0.4, -0.2) is 44.9 Å². The third-order valence-electron chi connectivity index (χ3n) is 3.22. The Labute approximate surface area is 137 Å². The van der Waals surface area contributed by atoms with Gasteiger partial charge in [0.05, 0.1) is 0 Å². The zero-order valence-electron chi connectivity index (χ0n) is 14.1. The van der Waals surface area contributed by atoms with E-state index in [2.05, 4.69) is 20.3 Å². The monoisotopic (exact) mass is 313 g/mol. The predicted molar refractivity (Wildman–Crippen MR) is 90.3 cm³/mol. The van der Waals surface area contributed by atoms with Crippen molar-refractivity contribution in [2.45, 2.75) is 32.7 Å². The molecule has 6 nitrogen and oxygen atoms in total. The van der Waals surface area contributed by atoms with Gasteiger partial charge < -0.3 is 10.2 Å². The summed E-state index contributed by atoms with van der Waals surface area (Å²) in [5.74, 6) is 0.539. The molecule has 2 rings (SSSR count). The fourth-order valence-corrected chi connectivity index (χ4v) is 2.07. The highest BCUT2D eigenvalue weighted by Gasteiger charge is 2.16. The van der Waals surface area contributed by atoms with Crippen LogP contribution in [0.15, 0.2) is 36.9 Å². The molecule has 2 heterocycles. The van der Waals surface area contributed by atoms with Crippen LogP contribution in [0.1, 0.15) is 36.8 Å². The molecular weight excluding hydrogens is 290 g/mol. The van der Waals surface area contributed by atoms with Crippen molar-refractivity contribution in [1.82, 2.24) is 19.9 Å². The van der Waals surface area contributed by atoms with E-state index in [0.29, 0.717) is 18.1 Å². The minimum Gasteiger partial charge on any atom is -0.365 e. The van der Waals surface area contributed by atoms with Crippen LogP contribution in [0.2, 0.25) is 0 Å². The topological polar surface area (TPSA) is 71.0 Å². The van der Waals surface area contributed by atoms with Gasteiger partial charge in [0, 0.05) is 37.6 Å². The molecule has 0 aliphatic rings. The van der Waals surface area contributed by atoms with E-state index in [9.17, 15) is 4.79 Å². The van der Waals surface area contributed by atoms with Gasteiger partial charge in [-0.2, -0.15) is 0 Å². The van der Waals surface area contributed by atoms with Gasteiger partial charge in [0.15, 0.2) is 0 Å². The largest absolute Gasteiger partial charge is 0.365 e. The smallest absolute Gasteiger partial charge is 0.272 e. The highest BCUT2D eigenvalue weighted by molar-refractivity contribution is 5.92. The Balaban J connectivity index is 2.00. The summed E-state index contributed by atoms with van der Waals surface area (Å²) in [6, 6.07) is 5.60. The number of carbonyl (C=O) groups is 1. The van der Waals surface area contributed by atoms with Gasteiger partial charge in [0.2, 0.25) is 0 Å². The summed E-state index contributed by atoms with van der Waals surface area (Å²) in [4.78, 5) is 26.4. The molecule has 0 atom stereocenters. The molecule has 0 bridgehead atoms. The number of nitrogens with zero attached hydrogens (tertiary/aromatic N) is 4. The lowest BCUT2D eigenvalue weighted by Gasteiger charge is -2.22. The first-order valence-corrected chi connectivity index (χ1v) is 7.60. The Kier molecular flexibility index (Phi) is 5.26. The van der Waals surface area contributed by atoms with Crippen molar-refractivity contribution in [2.75, 3.05) is 18.9 Å². The molecule has 122 valence electrons. The minimum absolute atomic E-state index is 0.113. The maximum absolute atomic E-state index is 12.5. The number of aromatic nitrogens is 3. The van der Waals surface area contributed by atoms with Crippen LogP contribution in [0.3, 0.4) is 0 Å². The van der Waals surface area contributed by atoms with Crippen molar-refractivity contribution < 1.29 is 4.79 Å². The second kappa shape index (κ2) is 7.17. The van der Waals surface area contributed by atoms with Crippen molar-refractivity contribution in [2.24, 2.45) is 0 Å². The second-order valence-corrected chi connectivity index (χ2v) is 6.50. The third kappa shape index (κ3) is 5.32. The maximum Gasteiger partial charge on any atom is 0.272 e. The fourth-order valence-electron chi connectivity index (χ4n) is 2.07. The van der Waals surface area contributed by atoms with Gasteiger partial charge in [0.1, 0.15) is 17.8 Å². The lowest BCUT2D eigenvalue weighted by Crippen LogP contribution is -2.30. The minimum atomic E-state index is -0.123. The van der Waals surface area contributed by atoms with Crippen molar-refractivity contribution >= 4 is 11.7 Å². The molecule has 6 heteroatoms. The molecule has 1 N–H and O–H groups in total. The molecule has 2 aromatic rings. The van der Waals surface area contributed by atoms with Crippen molar-refractivity contribution in [3.8, 4) is 0 Å². The number of hydrogen-bond acceptors (Lipinski definition) is 5. The van der Waals surface area contributed by atoms with E-state index in [4.69, 9.17) is 0 Å². The average Bonchev–Trinajstić information content (AvgIpc) is 2.51. The summed E-state index contributed by atoms with van der Waals surface area (Å²) >= 11 is 0. The van der Waals surface area contributed by atoms with E-state index in [1.54, 1.807) is 30.4 Å². The average molecular weight is 313 g/mol. The quantitative estimate of drug-likeness (QED) is 0.918. The Morgan fingerprint density at radius 1 is 1.22 bits per heavy atom. The summed E-state index contributed by atoms with van der Waals surface area (Å²) in [5.41, 5.74) is 1.42. The number of rotatable bonds is 5. The zero-order chi connectivity index (χ0) is 16.9. The van der Waals surface area contributed by atoms with Gasteiger partial charge in [0.25, 0.3) is 5.91 Å². The highest BCUT2D eigenvalue weighted by atomic mass is 16.2. The maximum atomic E-state index is 12.5. The molecule has 0 saturated heterocycles. The molecule has 0 spiro atoms. The molecule has 0 unspecified atom stereocenters. The normalized spacial score (nSPS) is 11.1. The van der Waals surface area contributed by atoms with Gasteiger partial charge >= 0.3 is 0 Å². The highest BCUT2D eigenvalue weighted by Crippen LogP contribution is 2.13. The van der Waals surface area contributed by atoms with E-state index < -0.39 is 0 Å². The molecule has 0 aliphatic carbocycles. The molecule has 0 saturated carbocycles. The lowest BCUT2D eigenvalue weighted by atomic mass is 10.1. The second-order valence-electron chi connectivity index (χ2n) is 6.50. The first-order chi connectivity index (χ1) is 10.8. The number of nitrogens with one attached hydrogen (secondary N) is 1. The Morgan fingerprint density at radius 2 is 1.91 bits per heavy atom. The first-order valence-electron chi connectivity index (χ1n) is 7.60. The summed E-state index contributed by atoms with van der Waals surface area (Å²) < 4.78 is 0. The number of pyridine rings is 1. The number of anilines is 1. The van der Waals surface area contributed by atoms with Gasteiger partial charge in [-0.1, -0.05) is 0 Å². The summed E-state index contributed by atoms with van der Waals surface area (Å²) in [7, 11) is 1.78. The number of hydrogen-bond donors (Lipinski definition) is 1. The van der Waals surface area contributed by atoms with Crippen LogP contribution in [-0.2, 0) is 6.42 Å². The SMILES string of the molecule is CN(CCc1ccncc1)C(=O)c1cc(NC(C)(C)C)ncn1. The van der Waals surface area contributed by atoms with Gasteiger partial charge in [-0.25, -0.2) is 9.97 Å². The lowest BCUT2D eigenvalue weighted by molar-refractivity contribution is 0.0790. The van der Waals surface area contributed by atoms with Crippen LogP contribution in [0.5, 0.6) is 0 Å². The molecule has 23 heavy (non-hydrogen) atoms. The molecule has 0 aliphatic heterocycles. The van der Waals surface area contributed by atoms with Gasteiger partial charge in [-0.15, -0.1) is 0 Å². The fraction of sp³-hybridized carbons (Fsp3) is 0.412. The van der Waals surface area contributed by atoms with E-state index in [0.717, 1.165) is 12.0 Å². The molecular formula is C17H23N5O. The summed E-state index contributed by atoms with van der Waals surface area (Å²) in [6.07, 6.45) is 5.71. The van der Waals surface area contributed by atoms with E-state index >= 15 is 0 Å². The molecule has 0 aromatic carbocycles. The van der Waals surface area contributed by atoms with Gasteiger partial charge in [-0.3, -0.25) is 9.78 Å². The Bertz CT molecular complexity index is 652. The predicted octanol–water partition coefficient (Wildman–Crippen LogP) is 2.40. The van der Waals surface area contributed by atoms with E-state index in [1.165, 1.54) is 6.33 Å². The number of amides is 1. The number of likely N-dealkylation sites (N-methyl/N-ethyl adjacent to an activating group) is 1. The summed E-state index contributed by atoms with van der Waals surface area (Å²) in [5, 5.41) is 3.24. The standard InChI is InChI=1S/C17H23N5O/c1-17(2,3)21-15-11-14(19-12-20-15)16(23)22(4)10-7-13-5-8-18-9-6-13/h5-6,8-9,11-12H,7,10H2,1-4H3,(H,19,20,21). The molecule has 1 amide bonds. The number of carbonyl (C=O) groups excluding carboxylic acids is 1. The van der Waals surface area contributed by atoms with Crippen LogP contribution in [0.4, 0.5) is 5.82 Å². The molecule has 0 fully saturated rings. The third-order valence-corrected chi connectivity index (χ3v) is 3.22. The first kappa shape index (κ1) is 16.9. The Morgan fingerprint density at radius 3 is 2.57 bits per heavy atom.